The average molecular weight is 233 g/mol. The van der Waals surface area contributed by atoms with Crippen LogP contribution in [0.1, 0.15) is 67.4 Å². The number of aryl methyl sites for hydroxylation is 1. The average Bonchev–Trinajstić information content (AvgIpc) is 2.99. The molecular formula is C14H23N3. The van der Waals surface area contributed by atoms with Crippen molar-refractivity contribution in [3.63, 3.8) is 0 Å². The van der Waals surface area contributed by atoms with E-state index < -0.39 is 0 Å². The molecule has 1 unspecified atom stereocenters. The summed E-state index contributed by atoms with van der Waals surface area (Å²) >= 11 is 0. The van der Waals surface area contributed by atoms with E-state index in [-0.39, 0.29) is 0 Å². The molecule has 3 heteroatoms. The number of hydrogen-bond acceptors (Lipinski definition) is 2. The van der Waals surface area contributed by atoms with E-state index in [0.29, 0.717) is 6.04 Å². The van der Waals surface area contributed by atoms with Gasteiger partial charge >= 0.3 is 0 Å². The summed E-state index contributed by atoms with van der Waals surface area (Å²) in [5, 5.41) is 8.36. The van der Waals surface area contributed by atoms with Gasteiger partial charge in [-0.3, -0.25) is 4.68 Å². The van der Waals surface area contributed by atoms with Crippen molar-refractivity contribution < 1.29 is 0 Å². The van der Waals surface area contributed by atoms with Gasteiger partial charge in [0.2, 0.25) is 0 Å². The monoisotopic (exact) mass is 233 g/mol. The largest absolute Gasteiger partial charge is 0.309 e. The second-order valence-corrected chi connectivity index (χ2v) is 5.65. The first-order chi connectivity index (χ1) is 8.27. The van der Waals surface area contributed by atoms with Crippen LogP contribution in [0, 0.1) is 6.92 Å². The third kappa shape index (κ3) is 1.90. The number of nitrogens with zero attached hydrogens (tertiary/aromatic N) is 2. The molecule has 1 saturated carbocycles. The van der Waals surface area contributed by atoms with Crippen molar-refractivity contribution in [1.29, 1.82) is 0 Å². The Kier molecular flexibility index (Phi) is 2.95. The van der Waals surface area contributed by atoms with Crippen LogP contribution >= 0.6 is 0 Å². The van der Waals surface area contributed by atoms with Crippen LogP contribution < -0.4 is 5.32 Å². The minimum absolute atomic E-state index is 0.511. The maximum atomic E-state index is 4.79. The van der Waals surface area contributed by atoms with Gasteiger partial charge in [-0.2, -0.15) is 5.10 Å². The standard InChI is InChI=1S/C14H23N3/c1-10-13(12-8-5-9-15-12)16-17(2)14(10)11-6-3-4-7-11/h11-12,15H,3-9H2,1-2H3. The van der Waals surface area contributed by atoms with Gasteiger partial charge in [0.25, 0.3) is 0 Å². The quantitative estimate of drug-likeness (QED) is 0.851. The second kappa shape index (κ2) is 4.45. The molecule has 1 aliphatic carbocycles. The second-order valence-electron chi connectivity index (χ2n) is 5.65. The zero-order chi connectivity index (χ0) is 11.8. The van der Waals surface area contributed by atoms with Crippen molar-refractivity contribution in [2.45, 2.75) is 57.4 Å². The fourth-order valence-corrected chi connectivity index (χ4v) is 3.68. The van der Waals surface area contributed by atoms with E-state index in [9.17, 15) is 0 Å². The molecule has 0 amide bonds. The van der Waals surface area contributed by atoms with E-state index in [2.05, 4.69) is 24.0 Å². The molecule has 17 heavy (non-hydrogen) atoms. The Morgan fingerprint density at radius 3 is 2.59 bits per heavy atom. The van der Waals surface area contributed by atoms with E-state index in [0.717, 1.165) is 12.5 Å². The Bertz CT molecular complexity index is 396. The minimum Gasteiger partial charge on any atom is -0.309 e. The third-order valence-electron chi connectivity index (χ3n) is 4.51. The summed E-state index contributed by atoms with van der Waals surface area (Å²) in [6.45, 7) is 3.43. The fourth-order valence-electron chi connectivity index (χ4n) is 3.68. The molecule has 0 aromatic carbocycles. The normalized spacial score (nSPS) is 25.9. The zero-order valence-electron chi connectivity index (χ0n) is 11.0. The van der Waals surface area contributed by atoms with Gasteiger partial charge < -0.3 is 5.32 Å². The predicted octanol–water partition coefficient (Wildman–Crippen LogP) is 2.81. The smallest absolute Gasteiger partial charge is 0.0825 e. The van der Waals surface area contributed by atoms with Crippen LogP contribution in [0.25, 0.3) is 0 Å². The Morgan fingerprint density at radius 1 is 1.18 bits per heavy atom. The molecule has 1 aromatic heterocycles. The van der Waals surface area contributed by atoms with Gasteiger partial charge in [0.1, 0.15) is 0 Å². The molecule has 1 N–H and O–H groups in total. The lowest BCUT2D eigenvalue weighted by Crippen LogP contribution is -2.14. The molecule has 2 heterocycles. The molecule has 0 radical (unpaired) electrons. The summed E-state index contributed by atoms with van der Waals surface area (Å²) in [6.07, 6.45) is 8.05. The van der Waals surface area contributed by atoms with Crippen LogP contribution in [0.5, 0.6) is 0 Å². The predicted molar refractivity (Wildman–Crippen MR) is 69.1 cm³/mol. The maximum absolute atomic E-state index is 4.79. The Hall–Kier alpha value is -0.830. The summed E-state index contributed by atoms with van der Waals surface area (Å²) in [6, 6.07) is 0.511. The first kappa shape index (κ1) is 11.3. The first-order valence-electron chi connectivity index (χ1n) is 7.04. The van der Waals surface area contributed by atoms with Crippen molar-refractivity contribution in [3.05, 3.63) is 17.0 Å². The molecule has 2 fully saturated rings. The van der Waals surface area contributed by atoms with Crippen molar-refractivity contribution in [3.8, 4) is 0 Å². The Balaban J connectivity index is 1.93. The highest BCUT2D eigenvalue weighted by Gasteiger charge is 2.28. The van der Waals surface area contributed by atoms with E-state index in [1.54, 1.807) is 0 Å². The lowest BCUT2D eigenvalue weighted by molar-refractivity contribution is 0.587. The van der Waals surface area contributed by atoms with Crippen molar-refractivity contribution in [2.75, 3.05) is 6.54 Å². The van der Waals surface area contributed by atoms with E-state index in [1.165, 1.54) is 55.5 Å². The SMILES string of the molecule is Cc1c(C2CCCN2)nn(C)c1C1CCCC1. The molecule has 1 saturated heterocycles. The highest BCUT2D eigenvalue weighted by Crippen LogP contribution is 2.38. The van der Waals surface area contributed by atoms with Crippen molar-refractivity contribution in [2.24, 2.45) is 7.05 Å². The lowest BCUT2D eigenvalue weighted by atomic mass is 9.97. The third-order valence-corrected chi connectivity index (χ3v) is 4.51. The summed E-state index contributed by atoms with van der Waals surface area (Å²) in [5.74, 6) is 0.766. The molecule has 0 spiro atoms. The zero-order valence-corrected chi connectivity index (χ0v) is 11.0. The van der Waals surface area contributed by atoms with Gasteiger partial charge in [-0.05, 0) is 44.7 Å². The van der Waals surface area contributed by atoms with Gasteiger partial charge in [0.15, 0.2) is 0 Å². The Morgan fingerprint density at radius 2 is 1.94 bits per heavy atom. The molecule has 0 bridgehead atoms. The van der Waals surface area contributed by atoms with Crippen LogP contribution in [0.15, 0.2) is 0 Å². The highest BCUT2D eigenvalue weighted by atomic mass is 15.3. The molecule has 2 aliphatic rings. The number of rotatable bonds is 2. The van der Waals surface area contributed by atoms with Crippen LogP contribution in [0.3, 0.4) is 0 Å². The first-order valence-corrected chi connectivity index (χ1v) is 7.04. The molecule has 3 nitrogen and oxygen atoms in total. The van der Waals surface area contributed by atoms with Gasteiger partial charge in [-0.15, -0.1) is 0 Å². The van der Waals surface area contributed by atoms with Gasteiger partial charge in [-0.1, -0.05) is 12.8 Å². The molecule has 1 aliphatic heterocycles. The van der Waals surface area contributed by atoms with Gasteiger partial charge in [0.05, 0.1) is 11.7 Å². The Labute approximate surface area is 104 Å². The number of aromatic nitrogens is 2. The molecule has 1 atom stereocenters. The number of nitrogens with one attached hydrogen (secondary N) is 1. The van der Waals surface area contributed by atoms with Crippen molar-refractivity contribution in [1.82, 2.24) is 15.1 Å². The molecule has 94 valence electrons. The van der Waals surface area contributed by atoms with E-state index >= 15 is 0 Å². The van der Waals surface area contributed by atoms with Crippen molar-refractivity contribution >= 4 is 0 Å². The summed E-state index contributed by atoms with van der Waals surface area (Å²) < 4.78 is 2.15. The lowest BCUT2D eigenvalue weighted by Gasteiger charge is -2.11. The van der Waals surface area contributed by atoms with Crippen LogP contribution in [0.2, 0.25) is 0 Å². The summed E-state index contributed by atoms with van der Waals surface area (Å²) in [7, 11) is 2.12. The van der Waals surface area contributed by atoms with Crippen LogP contribution in [-0.4, -0.2) is 16.3 Å². The number of hydrogen-bond donors (Lipinski definition) is 1. The summed E-state index contributed by atoms with van der Waals surface area (Å²) in [4.78, 5) is 0. The summed E-state index contributed by atoms with van der Waals surface area (Å²) in [5.41, 5.74) is 4.27. The van der Waals surface area contributed by atoms with Crippen LogP contribution in [0.4, 0.5) is 0 Å². The van der Waals surface area contributed by atoms with E-state index in [4.69, 9.17) is 5.10 Å². The minimum atomic E-state index is 0.511. The van der Waals surface area contributed by atoms with Gasteiger partial charge in [0, 0.05) is 18.7 Å². The molecule has 3 rings (SSSR count). The van der Waals surface area contributed by atoms with Gasteiger partial charge in [-0.25, -0.2) is 0 Å². The fraction of sp³-hybridized carbons (Fsp3) is 0.786. The van der Waals surface area contributed by atoms with Crippen LogP contribution in [-0.2, 0) is 7.05 Å². The molecular weight excluding hydrogens is 210 g/mol. The van der Waals surface area contributed by atoms with E-state index in [1.807, 2.05) is 0 Å². The molecule has 1 aromatic rings. The highest BCUT2D eigenvalue weighted by molar-refractivity contribution is 5.31. The topological polar surface area (TPSA) is 29.9 Å². The maximum Gasteiger partial charge on any atom is 0.0825 e.